The molecule has 0 radical (unpaired) electrons. The molecule has 0 amide bonds. The van der Waals surface area contributed by atoms with Crippen LogP contribution in [0, 0.1) is 25.2 Å². The highest BCUT2D eigenvalue weighted by Gasteiger charge is 2.39. The molecule has 4 heterocycles. The number of alkyl halides is 3. The van der Waals surface area contributed by atoms with Crippen LogP contribution in [-0.2, 0) is 13.2 Å². The van der Waals surface area contributed by atoms with Crippen molar-refractivity contribution >= 4 is 22.8 Å². The molecule has 0 bridgehead atoms. The number of nitriles is 1. The first-order valence-corrected chi connectivity index (χ1v) is 12.9. The minimum Gasteiger partial charge on any atom is -0.378 e. The van der Waals surface area contributed by atoms with Gasteiger partial charge in [0, 0.05) is 56.9 Å². The van der Waals surface area contributed by atoms with E-state index in [2.05, 4.69) is 10.4 Å². The van der Waals surface area contributed by atoms with Crippen molar-refractivity contribution in [1.82, 2.24) is 19.2 Å². The number of rotatable bonds is 5. The molecule has 9 nitrogen and oxygen atoms in total. The van der Waals surface area contributed by atoms with Crippen LogP contribution in [0.25, 0.3) is 5.65 Å². The summed E-state index contributed by atoms with van der Waals surface area (Å²) in [6.45, 7) is 6.91. The minimum absolute atomic E-state index is 0.00978. The third-order valence-electron chi connectivity index (χ3n) is 7.16. The van der Waals surface area contributed by atoms with Gasteiger partial charge in [-0.15, -0.1) is 0 Å². The average molecular weight is 551 g/mol. The van der Waals surface area contributed by atoms with E-state index in [0.717, 1.165) is 27.1 Å². The van der Waals surface area contributed by atoms with Crippen molar-refractivity contribution in [2.24, 2.45) is 7.05 Å². The number of nitrogens with one attached hydrogen (secondary N) is 1. The summed E-state index contributed by atoms with van der Waals surface area (Å²) < 4.78 is 43.2. The Morgan fingerprint density at radius 2 is 1.75 bits per heavy atom. The molecular weight excluding hydrogens is 521 g/mol. The third kappa shape index (κ3) is 4.95. The maximum atomic E-state index is 13.5. The summed E-state index contributed by atoms with van der Waals surface area (Å²) in [7, 11) is 1.45. The number of halogens is 3. The van der Waals surface area contributed by atoms with Gasteiger partial charge in [-0.3, -0.25) is 13.9 Å². The van der Waals surface area contributed by atoms with E-state index >= 15 is 0 Å². The highest BCUT2D eigenvalue weighted by Crippen LogP contribution is 2.36. The second-order valence-corrected chi connectivity index (χ2v) is 10.1. The number of benzene rings is 1. The van der Waals surface area contributed by atoms with E-state index in [1.165, 1.54) is 17.6 Å². The molecule has 4 aromatic rings. The molecule has 1 saturated heterocycles. The molecule has 1 N–H and O–H groups in total. The number of para-hydroxylation sites is 1. The van der Waals surface area contributed by atoms with Crippen molar-refractivity contribution in [3.63, 3.8) is 0 Å². The van der Waals surface area contributed by atoms with Crippen LogP contribution in [0.2, 0.25) is 0 Å². The Labute approximate surface area is 229 Å². The first-order valence-electron chi connectivity index (χ1n) is 12.9. The van der Waals surface area contributed by atoms with Gasteiger partial charge >= 0.3 is 6.18 Å². The van der Waals surface area contributed by atoms with Crippen LogP contribution in [0.3, 0.4) is 0 Å². The molecule has 0 saturated carbocycles. The van der Waals surface area contributed by atoms with E-state index in [4.69, 9.17) is 4.98 Å². The standard InChI is InChI=1S/C28H29F3N8O/c1-17-13-20(19(3)33-22-8-6-5-7-18(22)2)26-34-25(21(14-32)27(40)39(26)15-17)38-11-9-37(10-12-38)23-16-36(4)35-24(23)28(29,30)31/h5-8,13,15-16,19,33H,9-12H2,1-4H3. The van der Waals surface area contributed by atoms with E-state index in [1.807, 2.05) is 57.2 Å². The highest BCUT2D eigenvalue weighted by atomic mass is 19.4. The smallest absolute Gasteiger partial charge is 0.378 e. The zero-order valence-electron chi connectivity index (χ0n) is 22.6. The molecule has 40 heavy (non-hydrogen) atoms. The lowest BCUT2D eigenvalue weighted by atomic mass is 10.1. The van der Waals surface area contributed by atoms with E-state index in [9.17, 15) is 23.2 Å². The van der Waals surface area contributed by atoms with Gasteiger partial charge in [0.15, 0.2) is 17.1 Å². The largest absolute Gasteiger partial charge is 0.437 e. The maximum absolute atomic E-state index is 13.5. The van der Waals surface area contributed by atoms with Gasteiger partial charge in [0.05, 0.1) is 11.7 Å². The summed E-state index contributed by atoms with van der Waals surface area (Å²) in [5.74, 6) is 0.238. The Morgan fingerprint density at radius 1 is 1.07 bits per heavy atom. The SMILES string of the molecule is Cc1cc(C(C)Nc2ccccc2C)c2nc(N3CCN(c4cn(C)nc4C(F)(F)F)CC3)c(C#N)c(=O)n2c1. The average Bonchev–Trinajstić information content (AvgIpc) is 3.32. The summed E-state index contributed by atoms with van der Waals surface area (Å²) in [5.41, 5.74) is 2.58. The molecule has 1 aliphatic heterocycles. The van der Waals surface area contributed by atoms with E-state index in [1.54, 1.807) is 16.0 Å². The molecule has 5 rings (SSSR count). The van der Waals surface area contributed by atoms with E-state index < -0.39 is 17.4 Å². The number of hydrogen-bond donors (Lipinski definition) is 1. The van der Waals surface area contributed by atoms with Crippen molar-refractivity contribution in [2.45, 2.75) is 33.0 Å². The fourth-order valence-electron chi connectivity index (χ4n) is 5.16. The predicted octanol–water partition coefficient (Wildman–Crippen LogP) is 4.44. The maximum Gasteiger partial charge on any atom is 0.437 e. The number of piperazine rings is 1. The fourth-order valence-corrected chi connectivity index (χ4v) is 5.16. The second kappa shape index (κ2) is 10.2. The van der Waals surface area contributed by atoms with Crippen LogP contribution in [0.1, 0.15) is 40.9 Å². The number of fused-ring (bicyclic) bond motifs is 1. The summed E-state index contributed by atoms with van der Waals surface area (Å²) in [5, 5.41) is 17.0. The highest BCUT2D eigenvalue weighted by molar-refractivity contribution is 5.64. The predicted molar refractivity (Wildman–Crippen MR) is 147 cm³/mol. The summed E-state index contributed by atoms with van der Waals surface area (Å²) in [4.78, 5) is 21.8. The van der Waals surface area contributed by atoms with Crippen molar-refractivity contribution in [2.75, 3.05) is 41.3 Å². The molecule has 3 aromatic heterocycles. The lowest BCUT2D eigenvalue weighted by Crippen LogP contribution is -2.48. The van der Waals surface area contributed by atoms with Crippen LogP contribution in [0.15, 0.2) is 47.5 Å². The molecule has 12 heteroatoms. The number of aromatic nitrogens is 4. The zero-order chi connectivity index (χ0) is 28.8. The number of hydrogen-bond acceptors (Lipinski definition) is 7. The Balaban J connectivity index is 1.50. The minimum atomic E-state index is -4.58. The molecule has 0 aliphatic carbocycles. The first kappa shape index (κ1) is 27.1. The van der Waals surface area contributed by atoms with Gasteiger partial charge in [0.1, 0.15) is 11.7 Å². The van der Waals surface area contributed by atoms with Gasteiger partial charge in [-0.2, -0.15) is 23.5 Å². The molecule has 1 atom stereocenters. The van der Waals surface area contributed by atoms with Crippen LogP contribution in [-0.4, -0.2) is 45.3 Å². The lowest BCUT2D eigenvalue weighted by molar-refractivity contribution is -0.141. The molecule has 208 valence electrons. The van der Waals surface area contributed by atoms with Gasteiger partial charge in [-0.25, -0.2) is 4.98 Å². The fraction of sp³-hybridized carbons (Fsp3) is 0.357. The first-order chi connectivity index (χ1) is 19.0. The van der Waals surface area contributed by atoms with Crippen LogP contribution in [0.4, 0.5) is 30.4 Å². The van der Waals surface area contributed by atoms with Crippen LogP contribution < -0.4 is 20.7 Å². The Bertz CT molecular complexity index is 1680. The number of aryl methyl sites for hydroxylation is 3. The number of pyridine rings is 1. The molecule has 1 aliphatic rings. The Morgan fingerprint density at radius 3 is 2.40 bits per heavy atom. The van der Waals surface area contributed by atoms with Crippen molar-refractivity contribution in [1.29, 1.82) is 5.26 Å². The third-order valence-corrected chi connectivity index (χ3v) is 7.16. The lowest BCUT2D eigenvalue weighted by Gasteiger charge is -2.36. The summed E-state index contributed by atoms with van der Waals surface area (Å²) >= 11 is 0. The van der Waals surface area contributed by atoms with Crippen molar-refractivity contribution in [3.8, 4) is 6.07 Å². The van der Waals surface area contributed by atoms with Gasteiger partial charge in [-0.05, 0) is 44.0 Å². The van der Waals surface area contributed by atoms with Gasteiger partial charge in [-0.1, -0.05) is 18.2 Å². The molecular formula is C28H29F3N8O. The van der Waals surface area contributed by atoms with Crippen LogP contribution >= 0.6 is 0 Å². The van der Waals surface area contributed by atoms with E-state index in [0.29, 0.717) is 5.65 Å². The monoisotopic (exact) mass is 550 g/mol. The normalized spacial score (nSPS) is 14.8. The van der Waals surface area contributed by atoms with Crippen molar-refractivity contribution < 1.29 is 13.2 Å². The van der Waals surface area contributed by atoms with Gasteiger partial charge < -0.3 is 15.1 Å². The Kier molecular flexibility index (Phi) is 6.91. The topological polar surface area (TPSA) is 94.5 Å². The summed E-state index contributed by atoms with van der Waals surface area (Å²) in [6.07, 6.45) is -1.55. The number of anilines is 3. The number of nitrogens with zero attached hydrogens (tertiary/aromatic N) is 7. The molecule has 1 fully saturated rings. The molecule has 1 unspecified atom stereocenters. The van der Waals surface area contributed by atoms with Gasteiger partial charge in [0.2, 0.25) is 0 Å². The van der Waals surface area contributed by atoms with E-state index in [-0.39, 0.29) is 49.3 Å². The van der Waals surface area contributed by atoms with Crippen molar-refractivity contribution in [3.05, 3.63) is 81.0 Å². The van der Waals surface area contributed by atoms with Gasteiger partial charge in [0.25, 0.3) is 5.56 Å². The zero-order valence-corrected chi connectivity index (χ0v) is 22.6. The van der Waals surface area contributed by atoms with Crippen LogP contribution in [0.5, 0.6) is 0 Å². The molecule has 0 spiro atoms. The quantitative estimate of drug-likeness (QED) is 0.393. The second-order valence-electron chi connectivity index (χ2n) is 10.1. The Hall–Kier alpha value is -4.53. The molecule has 1 aromatic carbocycles. The summed E-state index contributed by atoms with van der Waals surface area (Å²) in [6, 6.07) is 11.7.